The van der Waals surface area contributed by atoms with Crippen LogP contribution in [0.5, 0.6) is 0 Å². The predicted octanol–water partition coefficient (Wildman–Crippen LogP) is 2.88. The lowest BCUT2D eigenvalue weighted by Gasteiger charge is -2.41. The second-order valence-electron chi connectivity index (χ2n) is 8.40. The van der Waals surface area contributed by atoms with E-state index in [0.717, 1.165) is 50.3 Å². The smallest absolute Gasteiger partial charge is 0.241 e. The summed E-state index contributed by atoms with van der Waals surface area (Å²) in [4.78, 5) is 14.7. The molecule has 0 radical (unpaired) electrons. The molecular formula is C21H30N2O3S. The van der Waals surface area contributed by atoms with Crippen molar-refractivity contribution in [3.05, 3.63) is 29.3 Å². The molecule has 2 aliphatic carbocycles. The number of aryl methyl sites for hydroxylation is 2. The summed E-state index contributed by atoms with van der Waals surface area (Å²) in [5.74, 6) is 1.27. The molecule has 2 fully saturated rings. The Morgan fingerprint density at radius 3 is 2.56 bits per heavy atom. The van der Waals surface area contributed by atoms with Crippen LogP contribution in [0.4, 0.5) is 0 Å². The van der Waals surface area contributed by atoms with Crippen LogP contribution < -0.4 is 4.72 Å². The van der Waals surface area contributed by atoms with E-state index in [2.05, 4.69) is 4.72 Å². The van der Waals surface area contributed by atoms with Gasteiger partial charge >= 0.3 is 0 Å². The van der Waals surface area contributed by atoms with Crippen molar-refractivity contribution >= 4 is 15.9 Å². The van der Waals surface area contributed by atoms with Gasteiger partial charge in [0, 0.05) is 13.1 Å². The molecular weight excluding hydrogens is 360 g/mol. The Morgan fingerprint density at radius 1 is 1.00 bits per heavy atom. The molecule has 0 bridgehead atoms. The number of hydrogen-bond acceptors (Lipinski definition) is 3. The molecule has 1 saturated carbocycles. The standard InChI is InChI=1S/C21H30N2O3S/c24-21(23-12-11-17-6-2-4-8-19(17)15-23)14-22-27(25,26)20-10-9-16-5-1-3-7-18(16)13-20/h9-10,13,17,19,22H,1-8,11-12,14-15H2/t17-,19-/m1/s1. The highest BCUT2D eigenvalue weighted by Gasteiger charge is 2.33. The molecule has 2 atom stereocenters. The Kier molecular flexibility index (Phi) is 5.55. The lowest BCUT2D eigenvalue weighted by molar-refractivity contribution is -0.133. The van der Waals surface area contributed by atoms with Crippen LogP contribution in [0.3, 0.4) is 0 Å². The quantitative estimate of drug-likeness (QED) is 0.860. The SMILES string of the molecule is O=C(CNS(=O)(=O)c1ccc2c(c1)CCCC2)N1CC[C@H]2CCCC[C@@H]2C1. The first kappa shape index (κ1) is 18.9. The average molecular weight is 391 g/mol. The summed E-state index contributed by atoms with van der Waals surface area (Å²) in [6.07, 6.45) is 10.4. The van der Waals surface area contributed by atoms with Gasteiger partial charge in [-0.25, -0.2) is 13.1 Å². The molecule has 4 rings (SSSR count). The van der Waals surface area contributed by atoms with E-state index >= 15 is 0 Å². The van der Waals surface area contributed by atoms with E-state index in [4.69, 9.17) is 0 Å². The number of fused-ring (bicyclic) bond motifs is 2. The highest BCUT2D eigenvalue weighted by Crippen LogP contribution is 2.36. The van der Waals surface area contributed by atoms with Gasteiger partial charge in [0.15, 0.2) is 0 Å². The Labute approximate surface area is 162 Å². The number of rotatable bonds is 4. The van der Waals surface area contributed by atoms with Crippen molar-refractivity contribution in [1.29, 1.82) is 0 Å². The zero-order chi connectivity index (χ0) is 18.9. The van der Waals surface area contributed by atoms with E-state index in [9.17, 15) is 13.2 Å². The first-order valence-corrected chi connectivity index (χ1v) is 11.9. The first-order chi connectivity index (χ1) is 13.0. The molecule has 1 aliphatic heterocycles. The van der Waals surface area contributed by atoms with E-state index in [1.165, 1.54) is 37.7 Å². The third kappa shape index (κ3) is 4.21. The third-order valence-electron chi connectivity index (χ3n) is 6.69. The van der Waals surface area contributed by atoms with Crippen LogP contribution >= 0.6 is 0 Å². The normalized spacial score (nSPS) is 25.6. The largest absolute Gasteiger partial charge is 0.341 e. The van der Waals surface area contributed by atoms with Gasteiger partial charge in [-0.2, -0.15) is 0 Å². The molecule has 0 aromatic heterocycles. The molecule has 5 nitrogen and oxygen atoms in total. The van der Waals surface area contributed by atoms with Gasteiger partial charge in [0.25, 0.3) is 0 Å². The van der Waals surface area contributed by atoms with E-state index in [-0.39, 0.29) is 17.3 Å². The number of carbonyl (C=O) groups is 1. The second-order valence-corrected chi connectivity index (χ2v) is 10.2. The lowest BCUT2D eigenvalue weighted by atomic mass is 9.75. The maximum absolute atomic E-state index is 12.7. The van der Waals surface area contributed by atoms with Gasteiger partial charge in [0.1, 0.15) is 0 Å². The molecule has 1 saturated heterocycles. The zero-order valence-electron chi connectivity index (χ0n) is 16.0. The number of nitrogens with one attached hydrogen (secondary N) is 1. The first-order valence-electron chi connectivity index (χ1n) is 10.4. The molecule has 0 spiro atoms. The minimum Gasteiger partial charge on any atom is -0.341 e. The second kappa shape index (κ2) is 7.92. The van der Waals surface area contributed by atoms with Crippen LogP contribution in [0, 0.1) is 11.8 Å². The van der Waals surface area contributed by atoms with Gasteiger partial charge in [0.05, 0.1) is 11.4 Å². The fourth-order valence-electron chi connectivity index (χ4n) is 5.06. The van der Waals surface area contributed by atoms with Gasteiger partial charge in [-0.15, -0.1) is 0 Å². The van der Waals surface area contributed by atoms with Crippen molar-refractivity contribution in [3.63, 3.8) is 0 Å². The summed E-state index contributed by atoms with van der Waals surface area (Å²) in [6.45, 7) is 1.42. The predicted molar refractivity (Wildman–Crippen MR) is 105 cm³/mol. The molecule has 1 amide bonds. The number of carbonyl (C=O) groups excluding carboxylic acids is 1. The minimum absolute atomic E-state index is 0.0967. The number of piperidine rings is 1. The van der Waals surface area contributed by atoms with Gasteiger partial charge < -0.3 is 4.90 Å². The summed E-state index contributed by atoms with van der Waals surface area (Å²) >= 11 is 0. The van der Waals surface area contributed by atoms with Crippen molar-refractivity contribution in [2.75, 3.05) is 19.6 Å². The molecule has 1 heterocycles. The maximum Gasteiger partial charge on any atom is 0.241 e. The number of benzene rings is 1. The van der Waals surface area contributed by atoms with Gasteiger partial charge in [-0.05, 0) is 73.6 Å². The molecule has 1 N–H and O–H groups in total. The van der Waals surface area contributed by atoms with Crippen molar-refractivity contribution in [2.45, 2.75) is 62.7 Å². The fourth-order valence-corrected chi connectivity index (χ4v) is 6.08. The van der Waals surface area contributed by atoms with Crippen LogP contribution in [0.15, 0.2) is 23.1 Å². The summed E-state index contributed by atoms with van der Waals surface area (Å²) in [7, 11) is -3.65. The average Bonchev–Trinajstić information content (AvgIpc) is 2.71. The maximum atomic E-state index is 12.7. The number of likely N-dealkylation sites (tertiary alicyclic amines) is 1. The van der Waals surface area contributed by atoms with Gasteiger partial charge in [0.2, 0.25) is 15.9 Å². The molecule has 1 aromatic carbocycles. The van der Waals surface area contributed by atoms with Crippen molar-refractivity contribution in [1.82, 2.24) is 9.62 Å². The Morgan fingerprint density at radius 2 is 1.74 bits per heavy atom. The topological polar surface area (TPSA) is 66.5 Å². The van der Waals surface area contributed by atoms with Gasteiger partial charge in [-0.3, -0.25) is 4.79 Å². The highest BCUT2D eigenvalue weighted by atomic mass is 32.2. The van der Waals surface area contributed by atoms with Crippen LogP contribution in [0.1, 0.15) is 56.1 Å². The fraction of sp³-hybridized carbons (Fsp3) is 0.667. The van der Waals surface area contributed by atoms with E-state index in [1.807, 2.05) is 11.0 Å². The molecule has 1 aromatic rings. The molecule has 148 valence electrons. The van der Waals surface area contributed by atoms with Crippen LogP contribution in [0.25, 0.3) is 0 Å². The molecule has 6 heteroatoms. The van der Waals surface area contributed by atoms with E-state index in [1.54, 1.807) is 12.1 Å². The Balaban J connectivity index is 1.36. The van der Waals surface area contributed by atoms with Crippen LogP contribution in [-0.2, 0) is 27.7 Å². The van der Waals surface area contributed by atoms with E-state index in [0.29, 0.717) is 5.92 Å². The Bertz CT molecular complexity index is 806. The van der Waals surface area contributed by atoms with Crippen molar-refractivity contribution in [2.24, 2.45) is 11.8 Å². The number of nitrogens with zero attached hydrogens (tertiary/aromatic N) is 1. The number of sulfonamides is 1. The molecule has 27 heavy (non-hydrogen) atoms. The Hall–Kier alpha value is -1.40. The number of amides is 1. The summed E-state index contributed by atoms with van der Waals surface area (Å²) in [6, 6.07) is 5.39. The number of hydrogen-bond donors (Lipinski definition) is 1. The summed E-state index contributed by atoms with van der Waals surface area (Å²) in [5, 5.41) is 0. The van der Waals surface area contributed by atoms with Crippen molar-refractivity contribution < 1.29 is 13.2 Å². The zero-order valence-corrected chi connectivity index (χ0v) is 16.8. The van der Waals surface area contributed by atoms with Crippen molar-refractivity contribution in [3.8, 4) is 0 Å². The van der Waals surface area contributed by atoms with Gasteiger partial charge in [-0.1, -0.05) is 25.3 Å². The molecule has 3 aliphatic rings. The van der Waals surface area contributed by atoms with Crippen LogP contribution in [0.2, 0.25) is 0 Å². The molecule has 0 unspecified atom stereocenters. The summed E-state index contributed by atoms with van der Waals surface area (Å²) < 4.78 is 27.8. The lowest BCUT2D eigenvalue weighted by Crippen LogP contribution is -2.48. The van der Waals surface area contributed by atoms with E-state index < -0.39 is 10.0 Å². The minimum atomic E-state index is -3.65. The third-order valence-corrected chi connectivity index (χ3v) is 8.09. The van der Waals surface area contributed by atoms with Crippen LogP contribution in [-0.4, -0.2) is 38.9 Å². The monoisotopic (exact) mass is 390 g/mol. The highest BCUT2D eigenvalue weighted by molar-refractivity contribution is 7.89. The summed E-state index contributed by atoms with van der Waals surface area (Å²) in [5.41, 5.74) is 2.39.